The van der Waals surface area contributed by atoms with Crippen LogP contribution in [0.3, 0.4) is 0 Å². The molecule has 0 aliphatic heterocycles. The first-order chi connectivity index (χ1) is 4.16. The molecule has 3 heteroatoms. The predicted octanol–water partition coefficient (Wildman–Crippen LogP) is 2.84. The fraction of sp³-hybridized carbons (Fsp3) is 0.667. The van der Waals surface area contributed by atoms with Gasteiger partial charge in [0.05, 0.1) is 14.0 Å². The van der Waals surface area contributed by atoms with E-state index < -0.39 is 0 Å². The van der Waals surface area contributed by atoms with Crippen LogP contribution in [0.25, 0.3) is 0 Å². The van der Waals surface area contributed by atoms with Crippen molar-refractivity contribution in [2.24, 2.45) is 0 Å². The van der Waals surface area contributed by atoms with Crippen molar-refractivity contribution in [2.75, 3.05) is 0 Å². The second kappa shape index (κ2) is 5.33. The molecule has 0 fully saturated rings. The highest BCUT2D eigenvalue weighted by Gasteiger charge is 2.04. The Morgan fingerprint density at radius 1 is 1.44 bits per heavy atom. The summed E-state index contributed by atoms with van der Waals surface area (Å²) in [6.07, 6.45) is 4.13. The minimum atomic E-state index is -0.198. The van der Waals surface area contributed by atoms with Gasteiger partial charge in [0.2, 0.25) is 0 Å². The predicted molar refractivity (Wildman–Crippen MR) is 45.5 cm³/mol. The maximum Gasteiger partial charge on any atom is 0.0935 e. The van der Waals surface area contributed by atoms with Crippen LogP contribution in [-0.4, -0.2) is 14.0 Å². The van der Waals surface area contributed by atoms with Crippen molar-refractivity contribution in [1.29, 1.82) is 0 Å². The third kappa shape index (κ3) is 6.42. The maximum absolute atomic E-state index is 5.55. The van der Waals surface area contributed by atoms with Gasteiger partial charge in [0.1, 0.15) is 0 Å². The van der Waals surface area contributed by atoms with E-state index in [0.29, 0.717) is 15.1 Å². The smallest absolute Gasteiger partial charge is 0.0935 e. The molecule has 0 heterocycles. The van der Waals surface area contributed by atoms with Crippen molar-refractivity contribution in [3.05, 3.63) is 12.2 Å². The normalized spacial score (nSPS) is 15.2. The summed E-state index contributed by atoms with van der Waals surface area (Å²) in [6.45, 7) is 4.11. The molecular weight excluding hydrogens is 171 g/mol. The molecule has 9 heavy (non-hydrogen) atoms. The fourth-order valence-electron chi connectivity index (χ4n) is 0.543. The zero-order valence-corrected chi connectivity index (χ0v) is 8.08. The van der Waals surface area contributed by atoms with Crippen LogP contribution >= 0.6 is 23.2 Å². The molecule has 0 saturated carbocycles. The summed E-state index contributed by atoms with van der Waals surface area (Å²) in [7, 11) is 0.613. The molecule has 0 amide bonds. The van der Waals surface area contributed by atoms with E-state index >= 15 is 0 Å². The molecule has 0 aromatic carbocycles. The topological polar surface area (TPSA) is 0 Å². The largest absolute Gasteiger partial charge is 0.110 e. The third-order valence-electron chi connectivity index (χ3n) is 0.870. The minimum Gasteiger partial charge on any atom is -0.110 e. The molecule has 0 N–H and O–H groups in total. The Morgan fingerprint density at radius 3 is 2.33 bits per heavy atom. The van der Waals surface area contributed by atoms with Gasteiger partial charge >= 0.3 is 0 Å². The van der Waals surface area contributed by atoms with Gasteiger partial charge in [-0.2, -0.15) is 0 Å². The average Bonchev–Trinajstić information content (AvgIpc) is 1.63. The van der Waals surface area contributed by atoms with Crippen LogP contribution in [0.4, 0.5) is 0 Å². The van der Waals surface area contributed by atoms with E-state index in [9.17, 15) is 0 Å². The lowest BCUT2D eigenvalue weighted by molar-refractivity contribution is 1.18. The molecule has 52 valence electrons. The van der Waals surface area contributed by atoms with Gasteiger partial charge in [-0.15, -0.1) is 23.2 Å². The number of hydrogen-bond acceptors (Lipinski definition) is 0. The standard InChI is InChI=1S/C6H10Cl2Si/c1-3-4-5(2)9-6(7)8/h3-6H,1-2H3. The quantitative estimate of drug-likeness (QED) is 0.357. The van der Waals surface area contributed by atoms with Crippen molar-refractivity contribution < 1.29 is 0 Å². The van der Waals surface area contributed by atoms with Gasteiger partial charge in [0, 0.05) is 0 Å². The first-order valence-electron chi connectivity index (χ1n) is 2.84. The van der Waals surface area contributed by atoms with Gasteiger partial charge in [-0.3, -0.25) is 0 Å². The van der Waals surface area contributed by atoms with Crippen LogP contribution < -0.4 is 0 Å². The lowest BCUT2D eigenvalue weighted by Gasteiger charge is -2.02. The summed E-state index contributed by atoms with van der Waals surface area (Å²) in [5.41, 5.74) is 0.523. The minimum absolute atomic E-state index is 0.198. The first-order valence-corrected chi connectivity index (χ1v) is 4.86. The van der Waals surface area contributed by atoms with Crippen LogP contribution in [0.2, 0.25) is 5.54 Å². The molecule has 0 aromatic heterocycles. The Labute approximate surface area is 69.1 Å². The van der Waals surface area contributed by atoms with E-state index in [2.05, 4.69) is 13.0 Å². The monoisotopic (exact) mass is 180 g/mol. The molecular formula is C6H10Cl2Si. The van der Waals surface area contributed by atoms with E-state index in [1.807, 2.05) is 13.0 Å². The lowest BCUT2D eigenvalue weighted by Crippen LogP contribution is -2.05. The molecule has 0 nitrogen and oxygen atoms in total. The maximum atomic E-state index is 5.55. The van der Waals surface area contributed by atoms with E-state index in [1.54, 1.807) is 0 Å². The van der Waals surface area contributed by atoms with Crippen molar-refractivity contribution in [3.8, 4) is 0 Å². The Hall–Kier alpha value is 0.537. The first kappa shape index (κ1) is 9.54. The van der Waals surface area contributed by atoms with Crippen LogP contribution in [-0.2, 0) is 0 Å². The van der Waals surface area contributed by atoms with Gasteiger partial charge in [0.15, 0.2) is 0 Å². The van der Waals surface area contributed by atoms with Gasteiger partial charge in [0.25, 0.3) is 0 Å². The van der Waals surface area contributed by atoms with E-state index in [0.717, 1.165) is 0 Å². The van der Waals surface area contributed by atoms with Crippen molar-refractivity contribution >= 4 is 32.7 Å². The molecule has 0 spiro atoms. The summed E-state index contributed by atoms with van der Waals surface area (Å²) in [5, 5.41) is 0. The van der Waals surface area contributed by atoms with Gasteiger partial charge < -0.3 is 0 Å². The van der Waals surface area contributed by atoms with Gasteiger partial charge in [-0.1, -0.05) is 19.1 Å². The van der Waals surface area contributed by atoms with Crippen molar-refractivity contribution in [2.45, 2.75) is 23.8 Å². The zero-order valence-electron chi connectivity index (χ0n) is 5.57. The average molecular weight is 181 g/mol. The second-order valence-corrected chi connectivity index (χ2v) is 5.43. The number of allylic oxidation sites excluding steroid dienone is 2. The summed E-state index contributed by atoms with van der Waals surface area (Å²) in [4.78, 5) is 0. The van der Waals surface area contributed by atoms with Crippen LogP contribution in [0.1, 0.15) is 13.8 Å². The summed E-state index contributed by atoms with van der Waals surface area (Å²) in [5.74, 6) is 0. The molecule has 2 radical (unpaired) electrons. The highest BCUT2D eigenvalue weighted by atomic mass is 35.5. The highest BCUT2D eigenvalue weighted by molar-refractivity contribution is 6.69. The highest BCUT2D eigenvalue weighted by Crippen LogP contribution is 2.10. The zero-order chi connectivity index (χ0) is 7.28. The number of rotatable bonds is 3. The number of halogens is 2. The van der Waals surface area contributed by atoms with E-state index in [1.165, 1.54) is 0 Å². The molecule has 0 rings (SSSR count). The third-order valence-corrected chi connectivity index (χ3v) is 2.60. The Kier molecular flexibility index (Phi) is 5.65. The van der Waals surface area contributed by atoms with Crippen molar-refractivity contribution in [3.63, 3.8) is 0 Å². The molecule has 0 aliphatic carbocycles. The second-order valence-electron chi connectivity index (χ2n) is 1.78. The number of alkyl halides is 2. The van der Waals surface area contributed by atoms with Crippen LogP contribution in [0.5, 0.6) is 0 Å². The van der Waals surface area contributed by atoms with E-state index in [-0.39, 0.29) is 4.46 Å². The SMILES string of the molecule is CC=CC(C)[Si]C(Cl)Cl. The Bertz CT molecular complexity index is 91.1. The molecule has 1 atom stereocenters. The van der Waals surface area contributed by atoms with E-state index in [4.69, 9.17) is 23.2 Å². The molecule has 0 bridgehead atoms. The molecule has 1 unspecified atom stereocenters. The van der Waals surface area contributed by atoms with Gasteiger partial charge in [-0.05, 0) is 12.5 Å². The fourth-order valence-corrected chi connectivity index (χ4v) is 2.44. The molecule has 0 saturated heterocycles. The summed E-state index contributed by atoms with van der Waals surface area (Å²) < 4.78 is -0.198. The van der Waals surface area contributed by atoms with Gasteiger partial charge in [-0.25, -0.2) is 0 Å². The van der Waals surface area contributed by atoms with Crippen molar-refractivity contribution in [1.82, 2.24) is 0 Å². The Morgan fingerprint density at radius 2 is 2.00 bits per heavy atom. The summed E-state index contributed by atoms with van der Waals surface area (Å²) in [6, 6.07) is 0. The Balaban J connectivity index is 3.38. The van der Waals surface area contributed by atoms with Crippen LogP contribution in [0.15, 0.2) is 12.2 Å². The van der Waals surface area contributed by atoms with Crippen LogP contribution in [0, 0.1) is 0 Å². The lowest BCUT2D eigenvalue weighted by atomic mass is 10.4. The molecule has 0 aromatic rings. The molecule has 0 aliphatic rings. The number of hydrogen-bond donors (Lipinski definition) is 0. The summed E-state index contributed by atoms with van der Waals surface area (Å²) >= 11 is 11.1.